The molecule has 0 bridgehead atoms. The maximum Gasteiger partial charge on any atom is 0.306 e. The van der Waals surface area contributed by atoms with Gasteiger partial charge in [0.25, 0.3) is 5.91 Å². The maximum absolute atomic E-state index is 12.4. The molecular formula is C20H29NO5. The number of aryl methyl sites for hydroxylation is 1. The predicted octanol–water partition coefficient (Wildman–Crippen LogP) is 2.83. The van der Waals surface area contributed by atoms with Crippen LogP contribution < -0.4 is 9.47 Å². The van der Waals surface area contributed by atoms with E-state index in [1.807, 2.05) is 18.2 Å². The van der Waals surface area contributed by atoms with Gasteiger partial charge in [-0.25, -0.2) is 0 Å². The van der Waals surface area contributed by atoms with Crippen molar-refractivity contribution < 1.29 is 23.8 Å². The second-order valence-electron chi connectivity index (χ2n) is 6.83. The molecule has 1 aliphatic heterocycles. The highest BCUT2D eigenvalue weighted by molar-refractivity contribution is 5.83. The minimum atomic E-state index is -0.735. The number of carbonyl (C=O) groups is 2. The second-order valence-corrected chi connectivity index (χ2v) is 6.83. The Morgan fingerprint density at radius 1 is 1.15 bits per heavy atom. The molecule has 1 unspecified atom stereocenters. The molecule has 1 amide bonds. The SMILES string of the molecule is COc1ccc(CCC(=O)OC(C)C(=O)N2CCC(C)CC2)cc1OC. The monoisotopic (exact) mass is 363 g/mol. The summed E-state index contributed by atoms with van der Waals surface area (Å²) in [5.74, 6) is 1.45. The molecule has 0 aromatic heterocycles. The van der Waals surface area contributed by atoms with Crippen LogP contribution in [0.2, 0.25) is 0 Å². The van der Waals surface area contributed by atoms with Crippen molar-refractivity contribution in [2.45, 2.75) is 45.6 Å². The highest BCUT2D eigenvalue weighted by Crippen LogP contribution is 2.28. The van der Waals surface area contributed by atoms with E-state index in [0.29, 0.717) is 23.8 Å². The van der Waals surface area contributed by atoms with Gasteiger partial charge in [-0.05, 0) is 49.8 Å². The van der Waals surface area contributed by atoms with E-state index in [4.69, 9.17) is 14.2 Å². The van der Waals surface area contributed by atoms with Gasteiger partial charge >= 0.3 is 5.97 Å². The summed E-state index contributed by atoms with van der Waals surface area (Å²) in [5.41, 5.74) is 0.948. The standard InChI is InChI=1S/C20H29NO5/c1-14-9-11-21(12-10-14)20(23)15(2)26-19(22)8-6-16-5-7-17(24-3)18(13-16)25-4/h5,7,13-15H,6,8-12H2,1-4H3. The summed E-state index contributed by atoms with van der Waals surface area (Å²) in [5, 5.41) is 0. The van der Waals surface area contributed by atoms with Gasteiger partial charge in [-0.15, -0.1) is 0 Å². The van der Waals surface area contributed by atoms with E-state index in [0.717, 1.165) is 31.5 Å². The molecule has 0 N–H and O–H groups in total. The van der Waals surface area contributed by atoms with Crippen LogP contribution in [0.5, 0.6) is 11.5 Å². The lowest BCUT2D eigenvalue weighted by molar-refractivity contribution is -0.159. The van der Waals surface area contributed by atoms with Gasteiger partial charge in [-0.2, -0.15) is 0 Å². The Morgan fingerprint density at radius 3 is 2.42 bits per heavy atom. The number of methoxy groups -OCH3 is 2. The number of carbonyl (C=O) groups excluding carboxylic acids is 2. The van der Waals surface area contributed by atoms with Crippen molar-refractivity contribution in [3.05, 3.63) is 23.8 Å². The summed E-state index contributed by atoms with van der Waals surface area (Å²) in [6.45, 7) is 5.33. The fourth-order valence-corrected chi connectivity index (χ4v) is 3.08. The quantitative estimate of drug-likeness (QED) is 0.697. The van der Waals surface area contributed by atoms with Crippen molar-refractivity contribution in [3.8, 4) is 11.5 Å². The third-order valence-electron chi connectivity index (χ3n) is 4.82. The average molecular weight is 363 g/mol. The third kappa shape index (κ3) is 5.38. The normalized spacial score (nSPS) is 16.1. The van der Waals surface area contributed by atoms with E-state index in [-0.39, 0.29) is 18.3 Å². The van der Waals surface area contributed by atoms with Gasteiger partial charge in [-0.1, -0.05) is 13.0 Å². The highest BCUT2D eigenvalue weighted by atomic mass is 16.5. The van der Waals surface area contributed by atoms with E-state index in [1.165, 1.54) is 0 Å². The molecule has 0 saturated carbocycles. The molecule has 2 rings (SSSR count). The van der Waals surface area contributed by atoms with Crippen molar-refractivity contribution in [2.75, 3.05) is 27.3 Å². The lowest BCUT2D eigenvalue weighted by Crippen LogP contribution is -2.44. The summed E-state index contributed by atoms with van der Waals surface area (Å²) in [6, 6.07) is 5.54. The second kappa shape index (κ2) is 9.46. The fraction of sp³-hybridized carbons (Fsp3) is 0.600. The van der Waals surface area contributed by atoms with E-state index >= 15 is 0 Å². The van der Waals surface area contributed by atoms with Crippen molar-refractivity contribution in [3.63, 3.8) is 0 Å². The van der Waals surface area contributed by atoms with Gasteiger partial charge in [0, 0.05) is 19.5 Å². The number of hydrogen-bond acceptors (Lipinski definition) is 5. The van der Waals surface area contributed by atoms with Crippen LogP contribution in [0, 0.1) is 5.92 Å². The molecule has 0 aliphatic carbocycles. The Hall–Kier alpha value is -2.24. The molecule has 144 valence electrons. The van der Waals surface area contributed by atoms with E-state index < -0.39 is 6.10 Å². The molecular weight excluding hydrogens is 334 g/mol. The first-order valence-electron chi connectivity index (χ1n) is 9.13. The molecule has 6 heteroatoms. The molecule has 1 aromatic carbocycles. The van der Waals surface area contributed by atoms with Crippen molar-refractivity contribution in [1.29, 1.82) is 0 Å². The topological polar surface area (TPSA) is 65.1 Å². The van der Waals surface area contributed by atoms with Crippen LogP contribution in [0.15, 0.2) is 18.2 Å². The summed E-state index contributed by atoms with van der Waals surface area (Å²) in [6.07, 6.45) is 2.00. The van der Waals surface area contributed by atoms with Crippen LogP contribution in [-0.2, 0) is 20.7 Å². The third-order valence-corrected chi connectivity index (χ3v) is 4.82. The molecule has 1 aromatic rings. The minimum absolute atomic E-state index is 0.101. The highest BCUT2D eigenvalue weighted by Gasteiger charge is 2.26. The Morgan fingerprint density at radius 2 is 1.81 bits per heavy atom. The van der Waals surface area contributed by atoms with Gasteiger partial charge in [0.15, 0.2) is 17.6 Å². The lowest BCUT2D eigenvalue weighted by atomic mass is 9.99. The number of rotatable bonds is 7. The summed E-state index contributed by atoms with van der Waals surface area (Å²) < 4.78 is 15.8. The van der Waals surface area contributed by atoms with Crippen LogP contribution in [-0.4, -0.2) is 50.2 Å². The smallest absolute Gasteiger partial charge is 0.306 e. The number of ether oxygens (including phenoxy) is 3. The number of benzene rings is 1. The van der Waals surface area contributed by atoms with Crippen LogP contribution in [0.4, 0.5) is 0 Å². The molecule has 6 nitrogen and oxygen atoms in total. The first kappa shape index (κ1) is 20.1. The molecule has 1 heterocycles. The van der Waals surface area contributed by atoms with Crippen molar-refractivity contribution >= 4 is 11.9 Å². The molecule has 1 atom stereocenters. The molecule has 1 saturated heterocycles. The van der Waals surface area contributed by atoms with Crippen LogP contribution in [0.3, 0.4) is 0 Å². The Labute approximate surface area is 155 Å². The molecule has 26 heavy (non-hydrogen) atoms. The van der Waals surface area contributed by atoms with Gasteiger partial charge in [0.05, 0.1) is 14.2 Å². The predicted molar refractivity (Wildman–Crippen MR) is 98.4 cm³/mol. The van der Waals surface area contributed by atoms with Crippen LogP contribution in [0.1, 0.15) is 38.7 Å². The Bertz CT molecular complexity index is 623. The molecule has 1 fully saturated rings. The van der Waals surface area contributed by atoms with Gasteiger partial charge in [-0.3, -0.25) is 9.59 Å². The number of likely N-dealkylation sites (tertiary alicyclic amines) is 1. The average Bonchev–Trinajstić information content (AvgIpc) is 2.66. The first-order valence-corrected chi connectivity index (χ1v) is 9.13. The first-order chi connectivity index (χ1) is 12.4. The summed E-state index contributed by atoms with van der Waals surface area (Å²) in [7, 11) is 3.15. The molecule has 0 spiro atoms. The van der Waals surface area contributed by atoms with Crippen molar-refractivity contribution in [1.82, 2.24) is 4.90 Å². The van der Waals surface area contributed by atoms with Crippen LogP contribution in [0.25, 0.3) is 0 Å². The van der Waals surface area contributed by atoms with Gasteiger partial charge < -0.3 is 19.1 Å². The van der Waals surface area contributed by atoms with Gasteiger partial charge in [0.2, 0.25) is 0 Å². The summed E-state index contributed by atoms with van der Waals surface area (Å²) >= 11 is 0. The zero-order valence-corrected chi connectivity index (χ0v) is 16.1. The largest absolute Gasteiger partial charge is 0.493 e. The number of amides is 1. The van der Waals surface area contributed by atoms with Crippen LogP contribution >= 0.6 is 0 Å². The van der Waals surface area contributed by atoms with Gasteiger partial charge in [0.1, 0.15) is 0 Å². The van der Waals surface area contributed by atoms with Crippen molar-refractivity contribution in [2.24, 2.45) is 5.92 Å². The van der Waals surface area contributed by atoms with E-state index in [9.17, 15) is 9.59 Å². The Kier molecular flexibility index (Phi) is 7.30. The zero-order valence-electron chi connectivity index (χ0n) is 16.1. The number of nitrogens with zero attached hydrogens (tertiary/aromatic N) is 1. The zero-order chi connectivity index (χ0) is 19.1. The molecule has 0 radical (unpaired) electrons. The fourth-order valence-electron chi connectivity index (χ4n) is 3.08. The lowest BCUT2D eigenvalue weighted by Gasteiger charge is -2.31. The number of piperidine rings is 1. The summed E-state index contributed by atoms with van der Waals surface area (Å²) in [4.78, 5) is 26.3. The van der Waals surface area contributed by atoms with E-state index in [2.05, 4.69) is 6.92 Å². The molecule has 1 aliphatic rings. The maximum atomic E-state index is 12.4. The van der Waals surface area contributed by atoms with E-state index in [1.54, 1.807) is 26.0 Å². The number of esters is 1. The number of hydrogen-bond donors (Lipinski definition) is 0. The minimum Gasteiger partial charge on any atom is -0.493 e. The Balaban J connectivity index is 1.81.